The normalized spacial score (nSPS) is 19.0. The van der Waals surface area contributed by atoms with Crippen molar-refractivity contribution in [3.63, 3.8) is 0 Å². The Balaban J connectivity index is 1.56. The van der Waals surface area contributed by atoms with Gasteiger partial charge in [0.05, 0.1) is 5.69 Å². The zero-order valence-corrected chi connectivity index (χ0v) is 13.8. The standard InChI is InChI=1S/C20H19N3O2/c24-19-18(20(25)23(21-19)17-6-2-1-3-7-17)14-15-8-10-16(11-9-15)22-12-4-5-13-22/h1-3,6-11,14H,4-5,12-13H2,(H,21,24)/b18-14-. The van der Waals surface area contributed by atoms with E-state index in [4.69, 9.17) is 0 Å². The molecule has 0 bridgehead atoms. The van der Waals surface area contributed by atoms with Gasteiger partial charge in [0.25, 0.3) is 11.8 Å². The van der Waals surface area contributed by atoms with Gasteiger partial charge >= 0.3 is 0 Å². The lowest BCUT2D eigenvalue weighted by Gasteiger charge is -2.17. The summed E-state index contributed by atoms with van der Waals surface area (Å²) in [5, 5.41) is 1.28. The smallest absolute Gasteiger partial charge is 0.282 e. The third-order valence-corrected chi connectivity index (χ3v) is 4.58. The molecular formula is C20H19N3O2. The predicted molar refractivity (Wildman–Crippen MR) is 97.9 cm³/mol. The fourth-order valence-corrected chi connectivity index (χ4v) is 3.24. The number of hydrogen-bond donors (Lipinski definition) is 1. The van der Waals surface area contributed by atoms with Crippen LogP contribution in [0.15, 0.2) is 60.2 Å². The molecule has 0 unspecified atom stereocenters. The molecule has 4 rings (SSSR count). The molecule has 2 aliphatic rings. The average molecular weight is 333 g/mol. The maximum atomic E-state index is 12.6. The van der Waals surface area contributed by atoms with Crippen molar-refractivity contribution in [3.8, 4) is 0 Å². The molecule has 0 aromatic heterocycles. The molecule has 2 aromatic rings. The van der Waals surface area contributed by atoms with Crippen LogP contribution in [-0.2, 0) is 9.59 Å². The lowest BCUT2D eigenvalue weighted by atomic mass is 10.1. The van der Waals surface area contributed by atoms with E-state index in [1.807, 2.05) is 42.5 Å². The van der Waals surface area contributed by atoms with Crippen molar-refractivity contribution in [1.82, 2.24) is 5.43 Å². The van der Waals surface area contributed by atoms with Gasteiger partial charge in [0.2, 0.25) is 0 Å². The second-order valence-electron chi connectivity index (χ2n) is 6.26. The zero-order chi connectivity index (χ0) is 17.2. The van der Waals surface area contributed by atoms with Gasteiger partial charge in [0.15, 0.2) is 0 Å². The molecule has 2 fully saturated rings. The van der Waals surface area contributed by atoms with Gasteiger partial charge in [0, 0.05) is 18.8 Å². The highest BCUT2D eigenvalue weighted by molar-refractivity contribution is 6.31. The number of nitrogens with zero attached hydrogens (tertiary/aromatic N) is 2. The van der Waals surface area contributed by atoms with Crippen LogP contribution in [0.25, 0.3) is 6.08 Å². The van der Waals surface area contributed by atoms with Crippen molar-refractivity contribution in [1.29, 1.82) is 0 Å². The highest BCUT2D eigenvalue weighted by atomic mass is 16.2. The Morgan fingerprint density at radius 2 is 1.52 bits per heavy atom. The number of hydrazine groups is 1. The average Bonchev–Trinajstić information content (AvgIpc) is 3.27. The fraction of sp³-hybridized carbons (Fsp3) is 0.200. The summed E-state index contributed by atoms with van der Waals surface area (Å²) in [7, 11) is 0. The van der Waals surface area contributed by atoms with E-state index in [2.05, 4.69) is 10.3 Å². The highest BCUT2D eigenvalue weighted by Crippen LogP contribution is 2.23. The van der Waals surface area contributed by atoms with E-state index < -0.39 is 0 Å². The molecule has 0 atom stereocenters. The second-order valence-corrected chi connectivity index (χ2v) is 6.26. The van der Waals surface area contributed by atoms with E-state index >= 15 is 0 Å². The molecule has 2 aromatic carbocycles. The topological polar surface area (TPSA) is 52.7 Å². The van der Waals surface area contributed by atoms with E-state index in [-0.39, 0.29) is 17.4 Å². The zero-order valence-electron chi connectivity index (χ0n) is 13.8. The van der Waals surface area contributed by atoms with Crippen LogP contribution in [0.2, 0.25) is 0 Å². The van der Waals surface area contributed by atoms with Gasteiger partial charge in [-0.3, -0.25) is 15.0 Å². The Labute approximate surface area is 146 Å². The van der Waals surface area contributed by atoms with Crippen LogP contribution in [0, 0.1) is 0 Å². The lowest BCUT2D eigenvalue weighted by Crippen LogP contribution is -2.35. The molecule has 1 N–H and O–H groups in total. The number of carbonyl (C=O) groups is 2. The van der Waals surface area contributed by atoms with Gasteiger partial charge in [-0.2, -0.15) is 0 Å². The Hall–Kier alpha value is -3.08. The molecule has 5 nitrogen and oxygen atoms in total. The first kappa shape index (κ1) is 15.4. The van der Waals surface area contributed by atoms with Crippen LogP contribution in [-0.4, -0.2) is 24.9 Å². The van der Waals surface area contributed by atoms with Gasteiger partial charge in [0.1, 0.15) is 5.57 Å². The number of nitrogens with one attached hydrogen (secondary N) is 1. The Morgan fingerprint density at radius 1 is 0.840 bits per heavy atom. The number of amides is 2. The first-order valence-corrected chi connectivity index (χ1v) is 8.49. The van der Waals surface area contributed by atoms with E-state index in [0.717, 1.165) is 18.7 Å². The van der Waals surface area contributed by atoms with E-state index in [1.54, 1.807) is 18.2 Å². The SMILES string of the molecule is O=C1NN(c2ccccc2)C(=O)/C1=C\c1ccc(N2CCCC2)cc1. The van der Waals surface area contributed by atoms with E-state index in [9.17, 15) is 9.59 Å². The van der Waals surface area contributed by atoms with Gasteiger partial charge in [-0.25, -0.2) is 5.01 Å². The van der Waals surface area contributed by atoms with Crippen LogP contribution in [0.4, 0.5) is 11.4 Å². The number of hydrogen-bond acceptors (Lipinski definition) is 3. The van der Waals surface area contributed by atoms with Crippen LogP contribution >= 0.6 is 0 Å². The molecule has 25 heavy (non-hydrogen) atoms. The van der Waals surface area contributed by atoms with E-state index in [1.165, 1.54) is 23.5 Å². The summed E-state index contributed by atoms with van der Waals surface area (Å²) in [5.41, 5.74) is 5.44. The van der Waals surface area contributed by atoms with Crippen LogP contribution in [0.1, 0.15) is 18.4 Å². The molecule has 2 amide bonds. The Bertz CT molecular complexity index is 822. The molecule has 2 heterocycles. The number of anilines is 2. The first-order valence-electron chi connectivity index (χ1n) is 8.49. The number of benzene rings is 2. The van der Waals surface area contributed by atoms with E-state index in [0.29, 0.717) is 5.69 Å². The number of carbonyl (C=O) groups excluding carboxylic acids is 2. The largest absolute Gasteiger partial charge is 0.372 e. The number of rotatable bonds is 3. The predicted octanol–water partition coefficient (Wildman–Crippen LogP) is 2.75. The molecular weight excluding hydrogens is 314 g/mol. The Morgan fingerprint density at radius 3 is 2.20 bits per heavy atom. The molecule has 2 aliphatic heterocycles. The number of para-hydroxylation sites is 1. The molecule has 0 saturated carbocycles. The third kappa shape index (κ3) is 3.01. The summed E-state index contributed by atoms with van der Waals surface area (Å²) >= 11 is 0. The first-order chi connectivity index (χ1) is 12.2. The molecule has 5 heteroatoms. The second kappa shape index (κ2) is 6.43. The van der Waals surface area contributed by atoms with Gasteiger partial charge in [-0.1, -0.05) is 30.3 Å². The van der Waals surface area contributed by atoms with Crippen molar-refractivity contribution in [2.75, 3.05) is 23.0 Å². The van der Waals surface area contributed by atoms with Crippen molar-refractivity contribution in [2.24, 2.45) is 0 Å². The maximum Gasteiger partial charge on any atom is 0.282 e. The summed E-state index contributed by atoms with van der Waals surface area (Å²) in [6.45, 7) is 2.18. The summed E-state index contributed by atoms with van der Waals surface area (Å²) in [5.74, 6) is -0.711. The van der Waals surface area contributed by atoms with Crippen molar-refractivity contribution < 1.29 is 9.59 Å². The maximum absolute atomic E-state index is 12.6. The van der Waals surface area contributed by atoms with Crippen LogP contribution in [0.3, 0.4) is 0 Å². The van der Waals surface area contributed by atoms with Crippen molar-refractivity contribution in [3.05, 3.63) is 65.7 Å². The molecule has 2 saturated heterocycles. The van der Waals surface area contributed by atoms with Crippen molar-refractivity contribution >= 4 is 29.3 Å². The minimum atomic E-state index is -0.377. The van der Waals surface area contributed by atoms with Crippen LogP contribution < -0.4 is 15.3 Å². The quantitative estimate of drug-likeness (QED) is 0.694. The van der Waals surface area contributed by atoms with Crippen molar-refractivity contribution in [2.45, 2.75) is 12.8 Å². The highest BCUT2D eigenvalue weighted by Gasteiger charge is 2.34. The summed E-state index contributed by atoms with van der Waals surface area (Å²) in [6.07, 6.45) is 4.11. The van der Waals surface area contributed by atoms with Crippen LogP contribution in [0.5, 0.6) is 0 Å². The fourth-order valence-electron chi connectivity index (χ4n) is 3.24. The lowest BCUT2D eigenvalue weighted by molar-refractivity contribution is -0.117. The summed E-state index contributed by atoms with van der Waals surface area (Å²) in [6, 6.07) is 17.1. The summed E-state index contributed by atoms with van der Waals surface area (Å²) in [4.78, 5) is 27.1. The van der Waals surface area contributed by atoms with Gasteiger partial charge < -0.3 is 4.90 Å². The van der Waals surface area contributed by atoms with Gasteiger partial charge in [-0.05, 0) is 48.7 Å². The minimum Gasteiger partial charge on any atom is -0.372 e. The minimum absolute atomic E-state index is 0.151. The molecule has 0 radical (unpaired) electrons. The monoisotopic (exact) mass is 333 g/mol. The molecule has 0 aliphatic carbocycles. The Kier molecular flexibility index (Phi) is 3.98. The third-order valence-electron chi connectivity index (χ3n) is 4.58. The molecule has 126 valence electrons. The van der Waals surface area contributed by atoms with Gasteiger partial charge in [-0.15, -0.1) is 0 Å². The molecule has 0 spiro atoms. The summed E-state index contributed by atoms with van der Waals surface area (Å²) < 4.78 is 0.